The number of ether oxygens (including phenoxy) is 1. The molecule has 140 valence electrons. The van der Waals surface area contributed by atoms with Gasteiger partial charge in [0, 0.05) is 12.4 Å². The van der Waals surface area contributed by atoms with Crippen LogP contribution in [-0.2, 0) is 16.6 Å². The number of benzene rings is 2. The molecule has 3 rings (SSSR count). The van der Waals surface area contributed by atoms with Crippen molar-refractivity contribution in [3.8, 4) is 5.75 Å². The second kappa shape index (κ2) is 7.11. The number of fused-ring (bicyclic) bond motifs is 1. The Morgan fingerprint density at radius 1 is 1.19 bits per heavy atom. The molecule has 2 N–H and O–H groups in total. The second-order valence-electron chi connectivity index (χ2n) is 6.39. The van der Waals surface area contributed by atoms with Gasteiger partial charge in [0.05, 0.1) is 17.1 Å². The van der Waals surface area contributed by atoms with E-state index in [2.05, 4.69) is 10.4 Å². The number of esters is 1. The van der Waals surface area contributed by atoms with E-state index < -0.39 is 18.0 Å². The van der Waals surface area contributed by atoms with Gasteiger partial charge in [0.25, 0.3) is 5.91 Å². The SMILES string of the molecule is Cc1nn(C)c(C)c1NC(=O)[C@H](C)OC(=O)c1ccc2ccccc2c1O. The number of anilines is 1. The lowest BCUT2D eigenvalue weighted by Gasteiger charge is -2.15. The van der Waals surface area contributed by atoms with Crippen molar-refractivity contribution in [3.05, 3.63) is 53.3 Å². The molecule has 1 heterocycles. The van der Waals surface area contributed by atoms with E-state index in [1.807, 2.05) is 19.1 Å². The average molecular weight is 367 g/mol. The van der Waals surface area contributed by atoms with E-state index in [0.717, 1.165) is 11.1 Å². The van der Waals surface area contributed by atoms with Gasteiger partial charge in [-0.15, -0.1) is 0 Å². The van der Waals surface area contributed by atoms with Gasteiger partial charge >= 0.3 is 5.97 Å². The Balaban J connectivity index is 1.75. The summed E-state index contributed by atoms with van der Waals surface area (Å²) in [6, 6.07) is 10.4. The van der Waals surface area contributed by atoms with Crippen LogP contribution < -0.4 is 5.32 Å². The van der Waals surface area contributed by atoms with Crippen LogP contribution in [0.15, 0.2) is 36.4 Å². The quantitative estimate of drug-likeness (QED) is 0.691. The fourth-order valence-electron chi connectivity index (χ4n) is 2.88. The summed E-state index contributed by atoms with van der Waals surface area (Å²) >= 11 is 0. The summed E-state index contributed by atoms with van der Waals surface area (Å²) in [4.78, 5) is 24.8. The predicted molar refractivity (Wildman–Crippen MR) is 102 cm³/mol. The van der Waals surface area contributed by atoms with Crippen LogP contribution in [0.2, 0.25) is 0 Å². The molecule has 3 aromatic rings. The molecule has 0 aliphatic rings. The van der Waals surface area contributed by atoms with Crippen molar-refractivity contribution in [3.63, 3.8) is 0 Å². The number of rotatable bonds is 4. The first-order chi connectivity index (χ1) is 12.8. The molecular formula is C20H21N3O4. The number of carbonyl (C=O) groups is 2. The number of hydrogen-bond acceptors (Lipinski definition) is 5. The van der Waals surface area contributed by atoms with Gasteiger partial charge in [-0.05, 0) is 32.2 Å². The van der Waals surface area contributed by atoms with Crippen molar-refractivity contribution in [1.82, 2.24) is 9.78 Å². The molecule has 7 nitrogen and oxygen atoms in total. The number of nitrogens with one attached hydrogen (secondary N) is 1. The lowest BCUT2D eigenvalue weighted by Crippen LogP contribution is -2.30. The fraction of sp³-hybridized carbons (Fsp3) is 0.250. The third-order valence-electron chi connectivity index (χ3n) is 4.53. The smallest absolute Gasteiger partial charge is 0.342 e. The van der Waals surface area contributed by atoms with Gasteiger partial charge in [-0.1, -0.05) is 30.3 Å². The lowest BCUT2D eigenvalue weighted by atomic mass is 10.1. The Bertz CT molecular complexity index is 1040. The third kappa shape index (κ3) is 3.48. The van der Waals surface area contributed by atoms with Crippen LogP contribution in [0.25, 0.3) is 10.8 Å². The minimum atomic E-state index is -1.04. The van der Waals surface area contributed by atoms with Gasteiger partial charge in [-0.3, -0.25) is 9.48 Å². The monoisotopic (exact) mass is 367 g/mol. The molecule has 0 fully saturated rings. The molecule has 0 aliphatic heterocycles. The number of carbonyl (C=O) groups excluding carboxylic acids is 2. The van der Waals surface area contributed by atoms with Crippen LogP contribution in [0.5, 0.6) is 5.75 Å². The zero-order valence-electron chi connectivity index (χ0n) is 15.6. The summed E-state index contributed by atoms with van der Waals surface area (Å²) in [6.45, 7) is 5.10. The van der Waals surface area contributed by atoms with Crippen molar-refractivity contribution in [1.29, 1.82) is 0 Å². The Labute approximate surface area is 156 Å². The van der Waals surface area contributed by atoms with Gasteiger partial charge in [0.15, 0.2) is 6.10 Å². The number of aromatic nitrogens is 2. The van der Waals surface area contributed by atoms with Gasteiger partial charge in [0.1, 0.15) is 11.3 Å². The molecule has 0 aliphatic carbocycles. The minimum absolute atomic E-state index is 0.0158. The minimum Gasteiger partial charge on any atom is -0.506 e. The van der Waals surface area contributed by atoms with Crippen molar-refractivity contribution in [2.45, 2.75) is 26.9 Å². The predicted octanol–water partition coefficient (Wildman–Crippen LogP) is 3.08. The van der Waals surface area contributed by atoms with Gasteiger partial charge in [-0.25, -0.2) is 4.79 Å². The first-order valence-corrected chi connectivity index (χ1v) is 8.52. The van der Waals surface area contributed by atoms with Crippen LogP contribution >= 0.6 is 0 Å². The summed E-state index contributed by atoms with van der Waals surface area (Å²) in [6.07, 6.45) is -1.04. The molecule has 7 heteroatoms. The highest BCUT2D eigenvalue weighted by Crippen LogP contribution is 2.29. The van der Waals surface area contributed by atoms with Crippen LogP contribution in [0, 0.1) is 13.8 Å². The zero-order chi connectivity index (χ0) is 19.7. The van der Waals surface area contributed by atoms with E-state index in [9.17, 15) is 14.7 Å². The molecule has 0 spiro atoms. The van der Waals surface area contributed by atoms with Crippen LogP contribution in [0.1, 0.15) is 28.7 Å². The van der Waals surface area contributed by atoms with Crippen LogP contribution in [0.3, 0.4) is 0 Å². The molecule has 0 saturated heterocycles. The molecule has 1 aromatic heterocycles. The third-order valence-corrected chi connectivity index (χ3v) is 4.53. The number of hydrogen-bond donors (Lipinski definition) is 2. The van der Waals surface area contributed by atoms with Gasteiger partial charge in [0.2, 0.25) is 0 Å². The van der Waals surface area contributed by atoms with E-state index in [1.54, 1.807) is 36.9 Å². The summed E-state index contributed by atoms with van der Waals surface area (Å²) in [5.74, 6) is -1.40. The molecule has 2 aromatic carbocycles. The van der Waals surface area contributed by atoms with E-state index in [1.165, 1.54) is 13.0 Å². The maximum Gasteiger partial charge on any atom is 0.342 e. The van der Waals surface area contributed by atoms with E-state index in [-0.39, 0.29) is 11.3 Å². The van der Waals surface area contributed by atoms with E-state index >= 15 is 0 Å². The van der Waals surface area contributed by atoms with Crippen molar-refractivity contribution in [2.24, 2.45) is 7.05 Å². The summed E-state index contributed by atoms with van der Waals surface area (Å²) in [7, 11) is 1.78. The first-order valence-electron chi connectivity index (χ1n) is 8.52. The normalized spacial score (nSPS) is 12.0. The highest BCUT2D eigenvalue weighted by atomic mass is 16.5. The standard InChI is InChI=1S/C20H21N3O4/c1-11-17(12(2)23(4)22-11)21-19(25)13(3)27-20(26)16-10-9-14-7-5-6-8-15(14)18(16)24/h5-10,13,24H,1-4H3,(H,21,25)/t13-/m0/s1. The highest BCUT2D eigenvalue weighted by molar-refractivity contribution is 6.03. The Morgan fingerprint density at radius 2 is 1.89 bits per heavy atom. The molecular weight excluding hydrogens is 346 g/mol. The molecule has 0 saturated carbocycles. The number of phenolic OH excluding ortho intramolecular Hbond substituents is 1. The van der Waals surface area contributed by atoms with Gasteiger partial charge < -0.3 is 15.2 Å². The summed E-state index contributed by atoms with van der Waals surface area (Å²) < 4.78 is 6.91. The van der Waals surface area contributed by atoms with Gasteiger partial charge in [-0.2, -0.15) is 5.10 Å². The maximum absolute atomic E-state index is 12.4. The second-order valence-corrected chi connectivity index (χ2v) is 6.39. The molecule has 0 radical (unpaired) electrons. The average Bonchev–Trinajstić information content (AvgIpc) is 2.88. The number of phenols is 1. The van der Waals surface area contributed by atoms with Crippen molar-refractivity contribution in [2.75, 3.05) is 5.32 Å². The fourth-order valence-corrected chi connectivity index (χ4v) is 2.88. The largest absolute Gasteiger partial charge is 0.506 e. The topological polar surface area (TPSA) is 93.5 Å². The lowest BCUT2D eigenvalue weighted by molar-refractivity contribution is -0.123. The number of aromatic hydroxyl groups is 1. The summed E-state index contributed by atoms with van der Waals surface area (Å²) in [5, 5.41) is 18.7. The Morgan fingerprint density at radius 3 is 2.56 bits per heavy atom. The van der Waals surface area contributed by atoms with Crippen molar-refractivity contribution >= 4 is 28.3 Å². The van der Waals surface area contributed by atoms with E-state index in [0.29, 0.717) is 16.8 Å². The number of amides is 1. The van der Waals surface area contributed by atoms with Crippen molar-refractivity contribution < 1.29 is 19.4 Å². The number of aryl methyl sites for hydroxylation is 2. The molecule has 1 amide bonds. The van der Waals surface area contributed by atoms with Crippen LogP contribution in [0.4, 0.5) is 5.69 Å². The maximum atomic E-state index is 12.4. The van der Waals surface area contributed by atoms with E-state index in [4.69, 9.17) is 4.74 Å². The first kappa shape index (κ1) is 18.4. The molecule has 0 unspecified atom stereocenters. The zero-order valence-corrected chi connectivity index (χ0v) is 15.6. The molecule has 1 atom stereocenters. The van der Waals surface area contributed by atoms with Crippen LogP contribution in [-0.4, -0.2) is 32.9 Å². The molecule has 27 heavy (non-hydrogen) atoms. The molecule has 0 bridgehead atoms. The highest BCUT2D eigenvalue weighted by Gasteiger charge is 2.23. The number of nitrogens with zero attached hydrogens (tertiary/aromatic N) is 2. The Hall–Kier alpha value is -3.35. The Kier molecular flexibility index (Phi) is 4.85. The summed E-state index contributed by atoms with van der Waals surface area (Å²) in [5.41, 5.74) is 2.08.